The quantitative estimate of drug-likeness (QED) is 0.639. The number of halogens is 1. The third kappa shape index (κ3) is 4.59. The Kier molecular flexibility index (Phi) is 6.05. The number of esters is 1. The number of nitrogens with one attached hydrogen (secondary N) is 1. The summed E-state index contributed by atoms with van der Waals surface area (Å²) in [5, 5.41) is 2.69. The Morgan fingerprint density at radius 1 is 1.13 bits per heavy atom. The minimum absolute atomic E-state index is 0.183. The van der Waals surface area contributed by atoms with Gasteiger partial charge in [0.05, 0.1) is 18.1 Å². The van der Waals surface area contributed by atoms with Crippen LogP contribution in [0, 0.1) is 5.82 Å². The second kappa shape index (κ2) is 8.52. The molecule has 0 atom stereocenters. The van der Waals surface area contributed by atoms with Crippen LogP contribution in [0.1, 0.15) is 37.0 Å². The summed E-state index contributed by atoms with van der Waals surface area (Å²) in [5.41, 5.74) is 0.697. The lowest BCUT2D eigenvalue weighted by atomic mass is 10.1. The van der Waals surface area contributed by atoms with E-state index in [2.05, 4.69) is 10.3 Å². The summed E-state index contributed by atoms with van der Waals surface area (Å²) in [6.45, 7) is 5.60. The molecule has 0 bridgehead atoms. The molecule has 0 aliphatic carbocycles. The van der Waals surface area contributed by atoms with E-state index in [9.17, 15) is 14.0 Å². The van der Waals surface area contributed by atoms with E-state index >= 15 is 0 Å². The Balaban J connectivity index is 2.02. The van der Waals surface area contributed by atoms with Crippen molar-refractivity contribution in [3.63, 3.8) is 0 Å². The van der Waals surface area contributed by atoms with Crippen molar-refractivity contribution < 1.29 is 23.5 Å². The molecule has 3 rings (SSSR count). The zero-order valence-corrected chi connectivity index (χ0v) is 17.4. The number of alkyl carbamates (subject to hydrolysis) is 1. The van der Waals surface area contributed by atoms with Crippen LogP contribution in [0.4, 0.5) is 9.18 Å². The lowest BCUT2D eigenvalue weighted by Crippen LogP contribution is -2.33. The van der Waals surface area contributed by atoms with Crippen molar-refractivity contribution in [1.29, 1.82) is 0 Å². The van der Waals surface area contributed by atoms with Crippen molar-refractivity contribution in [2.75, 3.05) is 13.7 Å². The third-order valence-electron chi connectivity index (χ3n) is 4.26. The molecule has 0 unspecified atom stereocenters. The Labute approximate surface area is 173 Å². The number of hydrogen-bond donors (Lipinski definition) is 1. The zero-order chi connectivity index (χ0) is 21.9. The first kappa shape index (κ1) is 21.3. The van der Waals surface area contributed by atoms with Gasteiger partial charge in [-0.05, 0) is 45.0 Å². The average molecular weight is 413 g/mol. The predicted octanol–water partition coefficient (Wildman–Crippen LogP) is 4.02. The highest BCUT2D eigenvalue weighted by Gasteiger charge is 2.24. The molecule has 1 amide bonds. The molecule has 0 radical (unpaired) electrons. The van der Waals surface area contributed by atoms with Crippen molar-refractivity contribution >= 4 is 23.1 Å². The number of fused-ring (bicyclic) bond motifs is 1. The third-order valence-corrected chi connectivity index (χ3v) is 4.26. The molecule has 1 heterocycles. The molecule has 1 aromatic heterocycles. The first-order chi connectivity index (χ1) is 14.2. The molecule has 2 aromatic carbocycles. The molecule has 0 aliphatic rings. The van der Waals surface area contributed by atoms with Gasteiger partial charge in [-0.2, -0.15) is 0 Å². The number of carbonyl (C=O) groups excluding carboxylic acids is 2. The Bertz CT molecular complexity index is 1070. The van der Waals surface area contributed by atoms with Crippen molar-refractivity contribution in [3.8, 4) is 5.69 Å². The maximum absolute atomic E-state index is 14.6. The first-order valence-electron chi connectivity index (χ1n) is 9.51. The lowest BCUT2D eigenvalue weighted by Gasteiger charge is -2.19. The van der Waals surface area contributed by atoms with E-state index in [0.717, 1.165) is 0 Å². The van der Waals surface area contributed by atoms with Crippen molar-refractivity contribution in [3.05, 3.63) is 59.7 Å². The van der Waals surface area contributed by atoms with Gasteiger partial charge in [0, 0.05) is 18.7 Å². The first-order valence-corrected chi connectivity index (χ1v) is 9.51. The standard InChI is InChI=1S/C22H24FN3O4/c1-22(2,3)30-21(28)24-13-12-17-25-16-11-10-15(23)18(20(27)29-4)19(16)26(17)14-8-6-5-7-9-14/h5-11H,12-13H2,1-4H3,(H,24,28). The van der Waals surface area contributed by atoms with Crippen molar-refractivity contribution in [2.24, 2.45) is 0 Å². The van der Waals surface area contributed by atoms with Crippen LogP contribution in [0.5, 0.6) is 0 Å². The van der Waals surface area contributed by atoms with Crippen LogP contribution in [-0.4, -0.2) is 40.9 Å². The molecule has 0 saturated heterocycles. The summed E-state index contributed by atoms with van der Waals surface area (Å²) >= 11 is 0. The predicted molar refractivity (Wildman–Crippen MR) is 110 cm³/mol. The molecular weight excluding hydrogens is 389 g/mol. The number of hydrogen-bond acceptors (Lipinski definition) is 5. The number of rotatable bonds is 5. The average Bonchev–Trinajstić information content (AvgIpc) is 3.05. The largest absolute Gasteiger partial charge is 0.465 e. The van der Waals surface area contributed by atoms with E-state index in [4.69, 9.17) is 9.47 Å². The van der Waals surface area contributed by atoms with Crippen molar-refractivity contribution in [2.45, 2.75) is 32.8 Å². The zero-order valence-electron chi connectivity index (χ0n) is 17.4. The van der Waals surface area contributed by atoms with E-state index in [0.29, 0.717) is 29.0 Å². The lowest BCUT2D eigenvalue weighted by molar-refractivity contribution is 0.0527. The monoisotopic (exact) mass is 413 g/mol. The normalized spacial score (nSPS) is 11.4. The van der Waals surface area contributed by atoms with Gasteiger partial charge in [-0.1, -0.05) is 18.2 Å². The molecule has 0 spiro atoms. The molecule has 0 saturated carbocycles. The number of aromatic nitrogens is 2. The number of para-hydroxylation sites is 1. The smallest absolute Gasteiger partial charge is 0.407 e. The SMILES string of the molecule is COC(=O)c1c(F)ccc2nc(CCNC(=O)OC(C)(C)C)n(-c3ccccc3)c12. The number of imidazole rings is 1. The van der Waals surface area contributed by atoms with Gasteiger partial charge in [-0.3, -0.25) is 4.57 Å². The molecule has 3 aromatic rings. The topological polar surface area (TPSA) is 82.4 Å². The summed E-state index contributed by atoms with van der Waals surface area (Å²) in [6.07, 6.45) is -0.198. The van der Waals surface area contributed by atoms with Gasteiger partial charge in [0.2, 0.25) is 0 Å². The Morgan fingerprint density at radius 3 is 2.47 bits per heavy atom. The highest BCUT2D eigenvalue weighted by atomic mass is 19.1. The molecule has 0 fully saturated rings. The van der Waals surface area contributed by atoms with Crippen LogP contribution in [0.15, 0.2) is 42.5 Å². The van der Waals surface area contributed by atoms with Gasteiger partial charge in [-0.15, -0.1) is 0 Å². The van der Waals surface area contributed by atoms with Crippen molar-refractivity contribution in [1.82, 2.24) is 14.9 Å². The van der Waals surface area contributed by atoms with E-state index < -0.39 is 23.5 Å². The summed E-state index contributed by atoms with van der Waals surface area (Å²) in [4.78, 5) is 28.8. The van der Waals surface area contributed by atoms with Gasteiger partial charge in [0.15, 0.2) is 0 Å². The fourth-order valence-corrected chi connectivity index (χ4v) is 3.10. The summed E-state index contributed by atoms with van der Waals surface area (Å²) in [5.74, 6) is -0.915. The molecule has 8 heteroatoms. The van der Waals surface area contributed by atoms with Gasteiger partial charge < -0.3 is 14.8 Å². The second-order valence-electron chi connectivity index (χ2n) is 7.66. The summed E-state index contributed by atoms with van der Waals surface area (Å²) in [6, 6.07) is 11.9. The number of methoxy groups -OCH3 is 1. The fourth-order valence-electron chi connectivity index (χ4n) is 3.10. The Morgan fingerprint density at radius 2 is 1.83 bits per heavy atom. The van der Waals surface area contributed by atoms with Gasteiger partial charge >= 0.3 is 12.1 Å². The van der Waals surface area contributed by atoms with E-state index in [1.165, 1.54) is 19.2 Å². The van der Waals surface area contributed by atoms with Crippen LogP contribution in [-0.2, 0) is 15.9 Å². The Hall–Kier alpha value is -3.42. The molecule has 30 heavy (non-hydrogen) atoms. The van der Waals surface area contributed by atoms with Crippen LogP contribution in [0.2, 0.25) is 0 Å². The number of carbonyl (C=O) groups is 2. The maximum atomic E-state index is 14.6. The highest BCUT2D eigenvalue weighted by Crippen LogP contribution is 2.27. The number of amides is 1. The summed E-state index contributed by atoms with van der Waals surface area (Å²) < 4.78 is 26.3. The molecule has 0 aliphatic heterocycles. The minimum atomic E-state index is -0.784. The molecule has 7 nitrogen and oxygen atoms in total. The number of nitrogens with zero attached hydrogens (tertiary/aromatic N) is 2. The molecule has 1 N–H and O–H groups in total. The summed E-state index contributed by atoms with van der Waals surface area (Å²) in [7, 11) is 1.20. The number of ether oxygens (including phenoxy) is 2. The van der Waals surface area contributed by atoms with Gasteiger partial charge in [0.25, 0.3) is 0 Å². The van der Waals surface area contributed by atoms with E-state index in [-0.39, 0.29) is 12.1 Å². The molecule has 158 valence electrons. The van der Waals surface area contributed by atoms with E-state index in [1.54, 1.807) is 25.3 Å². The van der Waals surface area contributed by atoms with Crippen LogP contribution in [0.3, 0.4) is 0 Å². The highest BCUT2D eigenvalue weighted by molar-refractivity contribution is 6.03. The van der Waals surface area contributed by atoms with Crippen LogP contribution < -0.4 is 5.32 Å². The second-order valence-corrected chi connectivity index (χ2v) is 7.66. The number of benzene rings is 2. The maximum Gasteiger partial charge on any atom is 0.407 e. The fraction of sp³-hybridized carbons (Fsp3) is 0.318. The van der Waals surface area contributed by atoms with Gasteiger partial charge in [-0.25, -0.2) is 19.0 Å². The molecular formula is C22H24FN3O4. The van der Waals surface area contributed by atoms with Crippen LogP contribution >= 0.6 is 0 Å². The van der Waals surface area contributed by atoms with E-state index in [1.807, 2.05) is 30.3 Å². The van der Waals surface area contributed by atoms with Crippen LogP contribution in [0.25, 0.3) is 16.7 Å². The van der Waals surface area contributed by atoms with Gasteiger partial charge in [0.1, 0.15) is 22.8 Å². The minimum Gasteiger partial charge on any atom is -0.465 e.